The summed E-state index contributed by atoms with van der Waals surface area (Å²) < 4.78 is 25.9. The van der Waals surface area contributed by atoms with E-state index in [1.54, 1.807) is 18.2 Å². The Morgan fingerprint density at radius 1 is 1.24 bits per heavy atom. The molecular weight excluding hydrogens is 284 g/mol. The molecule has 1 aromatic rings. The average Bonchev–Trinajstić information content (AvgIpc) is 3.10. The van der Waals surface area contributed by atoms with E-state index in [0.717, 1.165) is 29.9 Å². The number of fused-ring (bicyclic) bond motifs is 2. The van der Waals surface area contributed by atoms with Crippen molar-refractivity contribution in [3.8, 4) is 0 Å². The molecule has 2 aliphatic carbocycles. The normalized spacial score (nSPS) is 27.4. The van der Waals surface area contributed by atoms with Gasteiger partial charge in [0.2, 0.25) is 10.0 Å². The van der Waals surface area contributed by atoms with Crippen LogP contribution < -0.4 is 10.0 Å². The van der Waals surface area contributed by atoms with E-state index in [0.29, 0.717) is 11.4 Å². The van der Waals surface area contributed by atoms with Crippen LogP contribution in [0.1, 0.15) is 18.4 Å². The predicted molar refractivity (Wildman–Crippen MR) is 83.2 cm³/mol. The fraction of sp³-hybridized carbons (Fsp3) is 0.500. The first-order chi connectivity index (χ1) is 10.1. The van der Waals surface area contributed by atoms with E-state index in [1.807, 2.05) is 6.07 Å². The van der Waals surface area contributed by atoms with Gasteiger partial charge in [-0.05, 0) is 61.9 Å². The maximum absolute atomic E-state index is 11.8. The van der Waals surface area contributed by atoms with Gasteiger partial charge in [0.25, 0.3) is 0 Å². The molecule has 0 saturated heterocycles. The Hall–Kier alpha value is -1.17. The lowest BCUT2D eigenvalue weighted by molar-refractivity contribution is 0.414. The van der Waals surface area contributed by atoms with Crippen molar-refractivity contribution in [1.82, 2.24) is 10.0 Å². The lowest BCUT2D eigenvalue weighted by atomic mass is 9.93. The third-order valence-electron chi connectivity index (χ3n) is 4.63. The maximum atomic E-state index is 11.8. The van der Waals surface area contributed by atoms with Gasteiger partial charge in [-0.25, -0.2) is 13.1 Å². The summed E-state index contributed by atoms with van der Waals surface area (Å²) in [4.78, 5) is 0.326. The average molecular weight is 306 g/mol. The standard InChI is InChI=1S/C16H22N2O2S/c1-17-21(19,20)16-4-2-3-13(9-16)10-18-11-15-8-12-5-6-14(15)7-12/h2-6,9,12,14-15,17-18H,7-8,10-11H2,1H3/t12-,14-,15-/m0/s1. The van der Waals surface area contributed by atoms with Gasteiger partial charge in [0.15, 0.2) is 0 Å². The Bertz CT molecular complexity index is 639. The van der Waals surface area contributed by atoms with E-state index >= 15 is 0 Å². The van der Waals surface area contributed by atoms with Crippen LogP contribution in [0.25, 0.3) is 0 Å². The quantitative estimate of drug-likeness (QED) is 0.789. The number of hydrogen-bond donors (Lipinski definition) is 2. The summed E-state index contributed by atoms with van der Waals surface area (Å²) in [6.45, 7) is 1.72. The third kappa shape index (κ3) is 3.20. The van der Waals surface area contributed by atoms with Crippen molar-refractivity contribution in [2.75, 3.05) is 13.6 Å². The monoisotopic (exact) mass is 306 g/mol. The fourth-order valence-electron chi connectivity index (χ4n) is 3.47. The summed E-state index contributed by atoms with van der Waals surface area (Å²) in [5.74, 6) is 2.29. The smallest absolute Gasteiger partial charge is 0.240 e. The first-order valence-electron chi connectivity index (χ1n) is 7.50. The zero-order valence-electron chi connectivity index (χ0n) is 12.2. The highest BCUT2D eigenvalue weighted by Gasteiger charge is 2.34. The van der Waals surface area contributed by atoms with Crippen LogP contribution in [0.3, 0.4) is 0 Å². The molecule has 1 aromatic carbocycles. The molecular formula is C16H22N2O2S. The van der Waals surface area contributed by atoms with Crippen LogP contribution in [0.2, 0.25) is 0 Å². The Morgan fingerprint density at radius 2 is 2.10 bits per heavy atom. The molecule has 0 unspecified atom stereocenters. The van der Waals surface area contributed by atoms with Gasteiger partial charge in [0, 0.05) is 6.54 Å². The van der Waals surface area contributed by atoms with Crippen LogP contribution in [0.15, 0.2) is 41.3 Å². The van der Waals surface area contributed by atoms with Gasteiger partial charge in [-0.1, -0.05) is 24.3 Å². The van der Waals surface area contributed by atoms with Crippen molar-refractivity contribution < 1.29 is 8.42 Å². The van der Waals surface area contributed by atoms with Crippen molar-refractivity contribution in [2.24, 2.45) is 17.8 Å². The van der Waals surface area contributed by atoms with Gasteiger partial charge >= 0.3 is 0 Å². The highest BCUT2D eigenvalue weighted by Crippen LogP contribution is 2.42. The van der Waals surface area contributed by atoms with Crippen molar-refractivity contribution in [1.29, 1.82) is 0 Å². The number of sulfonamides is 1. The molecule has 0 aliphatic heterocycles. The minimum atomic E-state index is -3.36. The van der Waals surface area contributed by atoms with E-state index in [9.17, 15) is 8.42 Å². The minimum Gasteiger partial charge on any atom is -0.312 e. The molecule has 0 aromatic heterocycles. The van der Waals surface area contributed by atoms with E-state index in [1.165, 1.54) is 19.9 Å². The summed E-state index contributed by atoms with van der Waals surface area (Å²) in [6, 6.07) is 7.11. The fourth-order valence-corrected chi connectivity index (χ4v) is 4.27. The Labute approximate surface area is 126 Å². The van der Waals surface area contributed by atoms with E-state index < -0.39 is 10.0 Å². The summed E-state index contributed by atoms with van der Waals surface area (Å²) >= 11 is 0. The third-order valence-corrected chi connectivity index (χ3v) is 6.04. The van der Waals surface area contributed by atoms with Crippen LogP contribution in [0.4, 0.5) is 0 Å². The topological polar surface area (TPSA) is 58.2 Å². The first-order valence-corrected chi connectivity index (χ1v) is 8.98. The molecule has 5 heteroatoms. The van der Waals surface area contributed by atoms with Gasteiger partial charge in [0.1, 0.15) is 0 Å². The van der Waals surface area contributed by atoms with Gasteiger partial charge in [-0.15, -0.1) is 0 Å². The molecule has 1 saturated carbocycles. The van der Waals surface area contributed by atoms with Crippen molar-refractivity contribution in [3.05, 3.63) is 42.0 Å². The molecule has 0 spiro atoms. The highest BCUT2D eigenvalue weighted by molar-refractivity contribution is 7.89. The van der Waals surface area contributed by atoms with Crippen molar-refractivity contribution >= 4 is 10.0 Å². The van der Waals surface area contributed by atoms with Gasteiger partial charge < -0.3 is 5.32 Å². The molecule has 2 bridgehead atoms. The second kappa shape index (κ2) is 5.91. The summed E-state index contributed by atoms with van der Waals surface area (Å²) in [5.41, 5.74) is 1.00. The molecule has 4 nitrogen and oxygen atoms in total. The van der Waals surface area contributed by atoms with E-state index in [4.69, 9.17) is 0 Å². The molecule has 114 valence electrons. The van der Waals surface area contributed by atoms with Crippen LogP contribution in [-0.4, -0.2) is 22.0 Å². The largest absolute Gasteiger partial charge is 0.312 e. The lowest BCUT2D eigenvalue weighted by Crippen LogP contribution is -2.25. The maximum Gasteiger partial charge on any atom is 0.240 e. The molecule has 21 heavy (non-hydrogen) atoms. The summed E-state index contributed by atoms with van der Waals surface area (Å²) in [7, 11) is -1.92. The second-order valence-corrected chi connectivity index (χ2v) is 7.91. The second-order valence-electron chi connectivity index (χ2n) is 6.03. The SMILES string of the molecule is CNS(=O)(=O)c1cccc(CNC[C@@H]2C[C@H]3C=C[C@H]2C3)c1. The van der Waals surface area contributed by atoms with E-state index in [2.05, 4.69) is 22.2 Å². The van der Waals surface area contributed by atoms with Crippen LogP contribution in [0, 0.1) is 17.8 Å². The zero-order valence-corrected chi connectivity index (χ0v) is 13.1. The van der Waals surface area contributed by atoms with Gasteiger partial charge in [-0.2, -0.15) is 0 Å². The minimum absolute atomic E-state index is 0.326. The summed E-state index contributed by atoms with van der Waals surface area (Å²) in [5, 5.41) is 3.48. The Morgan fingerprint density at radius 3 is 2.76 bits per heavy atom. The number of allylic oxidation sites excluding steroid dienone is 2. The highest BCUT2D eigenvalue weighted by atomic mass is 32.2. The van der Waals surface area contributed by atoms with Crippen molar-refractivity contribution in [3.63, 3.8) is 0 Å². The number of nitrogens with one attached hydrogen (secondary N) is 2. The van der Waals surface area contributed by atoms with Gasteiger partial charge in [0.05, 0.1) is 4.90 Å². The molecule has 2 aliphatic rings. The molecule has 2 N–H and O–H groups in total. The van der Waals surface area contributed by atoms with Crippen LogP contribution in [0.5, 0.6) is 0 Å². The number of rotatable bonds is 6. The zero-order chi connectivity index (χ0) is 14.9. The molecule has 1 fully saturated rings. The number of benzene rings is 1. The van der Waals surface area contributed by atoms with Crippen LogP contribution in [-0.2, 0) is 16.6 Å². The molecule has 0 radical (unpaired) electrons. The van der Waals surface area contributed by atoms with Crippen molar-refractivity contribution in [2.45, 2.75) is 24.3 Å². The van der Waals surface area contributed by atoms with Gasteiger partial charge in [-0.3, -0.25) is 0 Å². The summed E-state index contributed by atoms with van der Waals surface area (Å²) in [6.07, 6.45) is 7.33. The Balaban J connectivity index is 1.56. The number of hydrogen-bond acceptors (Lipinski definition) is 3. The molecule has 3 atom stereocenters. The van der Waals surface area contributed by atoms with E-state index in [-0.39, 0.29) is 0 Å². The first kappa shape index (κ1) is 14.8. The predicted octanol–water partition coefficient (Wildman–Crippen LogP) is 1.90. The molecule has 0 heterocycles. The van der Waals surface area contributed by atoms with Crippen LogP contribution >= 0.6 is 0 Å². The lowest BCUT2D eigenvalue weighted by Gasteiger charge is -2.18. The molecule has 0 amide bonds. The molecule has 3 rings (SSSR count). The Kier molecular flexibility index (Phi) is 4.15.